The number of aliphatic hydroxyl groups is 1. The van der Waals surface area contributed by atoms with Gasteiger partial charge in [-0.2, -0.15) is 0 Å². The number of amides is 2. The van der Waals surface area contributed by atoms with E-state index in [4.69, 9.17) is 4.42 Å². The molecule has 3 N–H and O–H groups in total. The zero-order valence-electron chi connectivity index (χ0n) is 12.3. The van der Waals surface area contributed by atoms with Crippen LogP contribution in [0.25, 0.3) is 0 Å². The van der Waals surface area contributed by atoms with E-state index in [1.54, 1.807) is 0 Å². The Morgan fingerprint density at radius 1 is 1.42 bits per heavy atom. The van der Waals surface area contributed by atoms with Crippen molar-refractivity contribution in [2.24, 2.45) is 0 Å². The van der Waals surface area contributed by atoms with E-state index in [2.05, 4.69) is 10.6 Å². The van der Waals surface area contributed by atoms with Crippen molar-refractivity contribution >= 4 is 6.03 Å². The van der Waals surface area contributed by atoms with Gasteiger partial charge in [-0.25, -0.2) is 4.79 Å². The van der Waals surface area contributed by atoms with Crippen molar-refractivity contribution in [1.82, 2.24) is 10.6 Å². The van der Waals surface area contributed by atoms with Gasteiger partial charge in [0, 0.05) is 17.6 Å². The molecule has 0 aromatic carbocycles. The van der Waals surface area contributed by atoms with Crippen LogP contribution in [0.1, 0.15) is 50.4 Å². The number of nitrogens with one attached hydrogen (secondary N) is 2. The second-order valence-electron chi connectivity index (χ2n) is 5.80. The van der Waals surface area contributed by atoms with Crippen molar-refractivity contribution in [2.75, 3.05) is 6.54 Å². The van der Waals surface area contributed by atoms with Gasteiger partial charge in [-0.3, -0.25) is 0 Å². The molecule has 0 aliphatic rings. The molecule has 0 spiro atoms. The molecule has 0 aliphatic carbocycles. The van der Waals surface area contributed by atoms with Gasteiger partial charge < -0.3 is 20.2 Å². The van der Waals surface area contributed by atoms with Crippen LogP contribution in [0.2, 0.25) is 0 Å². The molecule has 0 bridgehead atoms. The van der Waals surface area contributed by atoms with Crippen LogP contribution in [0.4, 0.5) is 4.79 Å². The molecule has 0 radical (unpaired) electrons. The highest BCUT2D eigenvalue weighted by atomic mass is 16.3. The predicted molar refractivity (Wildman–Crippen MR) is 74.0 cm³/mol. The zero-order valence-corrected chi connectivity index (χ0v) is 12.3. The van der Waals surface area contributed by atoms with Crippen LogP contribution in [-0.2, 0) is 0 Å². The Balaban J connectivity index is 2.37. The van der Waals surface area contributed by atoms with Crippen molar-refractivity contribution in [3.8, 4) is 0 Å². The van der Waals surface area contributed by atoms with Crippen LogP contribution >= 0.6 is 0 Å². The molecule has 1 heterocycles. The molecule has 1 atom stereocenters. The summed E-state index contributed by atoms with van der Waals surface area (Å²) in [4.78, 5) is 11.5. The fraction of sp³-hybridized carbons (Fsp3) is 0.643. The van der Waals surface area contributed by atoms with Gasteiger partial charge in [-0.15, -0.1) is 0 Å². The molecule has 1 aromatic rings. The normalized spacial score (nSPS) is 13.2. The SMILES string of the molecule is Cc1cc(C(O)CCNC(=O)NC(C)(C)C)c(C)o1. The molecular weight excluding hydrogens is 244 g/mol. The highest BCUT2D eigenvalue weighted by Crippen LogP contribution is 2.23. The van der Waals surface area contributed by atoms with Crippen LogP contribution in [0, 0.1) is 13.8 Å². The predicted octanol–water partition coefficient (Wildman–Crippen LogP) is 2.42. The van der Waals surface area contributed by atoms with Crippen molar-refractivity contribution in [3.05, 3.63) is 23.2 Å². The maximum absolute atomic E-state index is 11.5. The molecular formula is C14H24N2O3. The third kappa shape index (κ3) is 5.34. The third-order valence-electron chi connectivity index (χ3n) is 2.63. The topological polar surface area (TPSA) is 74.5 Å². The fourth-order valence-corrected chi connectivity index (χ4v) is 1.84. The van der Waals surface area contributed by atoms with Gasteiger partial charge in [0.05, 0.1) is 6.10 Å². The first-order chi connectivity index (χ1) is 8.69. The van der Waals surface area contributed by atoms with E-state index >= 15 is 0 Å². The molecule has 0 saturated carbocycles. The minimum absolute atomic E-state index is 0.222. The maximum atomic E-state index is 11.5. The Kier molecular flexibility index (Phi) is 5.00. The molecule has 108 valence electrons. The number of carbonyl (C=O) groups excluding carboxylic acids is 1. The molecule has 2 amide bonds. The summed E-state index contributed by atoms with van der Waals surface area (Å²) in [6.07, 6.45) is -0.162. The summed E-state index contributed by atoms with van der Waals surface area (Å²) >= 11 is 0. The van der Waals surface area contributed by atoms with Crippen molar-refractivity contribution in [2.45, 2.75) is 52.7 Å². The quantitative estimate of drug-likeness (QED) is 0.785. The zero-order chi connectivity index (χ0) is 14.6. The van der Waals surface area contributed by atoms with Gasteiger partial charge in [0.25, 0.3) is 0 Å². The van der Waals surface area contributed by atoms with E-state index in [1.165, 1.54) is 0 Å². The molecule has 1 rings (SSSR count). The Bertz CT molecular complexity index is 432. The Labute approximate surface area is 114 Å². The number of rotatable bonds is 4. The van der Waals surface area contributed by atoms with E-state index in [0.29, 0.717) is 13.0 Å². The average molecular weight is 268 g/mol. The van der Waals surface area contributed by atoms with Crippen molar-refractivity contribution in [1.29, 1.82) is 0 Å². The summed E-state index contributed by atoms with van der Waals surface area (Å²) in [6, 6.07) is 1.61. The molecule has 0 fully saturated rings. The van der Waals surface area contributed by atoms with Crippen LogP contribution in [-0.4, -0.2) is 23.2 Å². The fourth-order valence-electron chi connectivity index (χ4n) is 1.84. The number of hydrogen-bond donors (Lipinski definition) is 3. The lowest BCUT2D eigenvalue weighted by molar-refractivity contribution is 0.164. The van der Waals surface area contributed by atoms with Crippen LogP contribution in [0.3, 0.4) is 0 Å². The van der Waals surface area contributed by atoms with Gasteiger partial charge in [0.1, 0.15) is 11.5 Å². The lowest BCUT2D eigenvalue weighted by Gasteiger charge is -2.21. The van der Waals surface area contributed by atoms with E-state index in [1.807, 2.05) is 40.7 Å². The lowest BCUT2D eigenvalue weighted by Crippen LogP contribution is -2.46. The smallest absolute Gasteiger partial charge is 0.315 e. The largest absolute Gasteiger partial charge is 0.466 e. The minimum atomic E-state index is -0.618. The summed E-state index contributed by atoms with van der Waals surface area (Å²) in [6.45, 7) is 9.83. The van der Waals surface area contributed by atoms with Gasteiger partial charge in [0.2, 0.25) is 0 Å². The standard InChI is InChI=1S/C14H24N2O3/c1-9-8-11(10(2)19-9)12(17)6-7-15-13(18)16-14(3,4)5/h8,12,17H,6-7H2,1-5H3,(H2,15,16,18). The summed E-state index contributed by atoms with van der Waals surface area (Å²) in [7, 11) is 0. The number of aryl methyl sites for hydroxylation is 2. The van der Waals surface area contributed by atoms with Crippen LogP contribution in [0.5, 0.6) is 0 Å². The van der Waals surface area contributed by atoms with Gasteiger partial charge >= 0.3 is 6.03 Å². The monoisotopic (exact) mass is 268 g/mol. The molecule has 5 heteroatoms. The molecule has 5 nitrogen and oxygen atoms in total. The summed E-state index contributed by atoms with van der Waals surface area (Å²) in [5, 5.41) is 15.6. The summed E-state index contributed by atoms with van der Waals surface area (Å²) < 4.78 is 5.37. The first-order valence-electron chi connectivity index (χ1n) is 6.50. The molecule has 0 aliphatic heterocycles. The second-order valence-corrected chi connectivity index (χ2v) is 5.80. The summed E-state index contributed by atoms with van der Waals surface area (Å²) in [5.74, 6) is 1.51. The number of urea groups is 1. The molecule has 1 aromatic heterocycles. The molecule has 0 saturated heterocycles. The highest BCUT2D eigenvalue weighted by Gasteiger charge is 2.16. The van der Waals surface area contributed by atoms with Crippen LogP contribution in [0.15, 0.2) is 10.5 Å². The lowest BCUT2D eigenvalue weighted by atomic mass is 10.1. The maximum Gasteiger partial charge on any atom is 0.315 e. The van der Waals surface area contributed by atoms with Gasteiger partial charge in [-0.05, 0) is 47.1 Å². The Hall–Kier alpha value is -1.49. The highest BCUT2D eigenvalue weighted by molar-refractivity contribution is 5.74. The van der Waals surface area contributed by atoms with E-state index in [9.17, 15) is 9.90 Å². The molecule has 19 heavy (non-hydrogen) atoms. The number of hydrogen-bond acceptors (Lipinski definition) is 3. The van der Waals surface area contributed by atoms with Gasteiger partial charge in [0.15, 0.2) is 0 Å². The van der Waals surface area contributed by atoms with E-state index in [-0.39, 0.29) is 11.6 Å². The minimum Gasteiger partial charge on any atom is -0.466 e. The average Bonchev–Trinajstić information content (AvgIpc) is 2.55. The van der Waals surface area contributed by atoms with E-state index < -0.39 is 6.10 Å². The Morgan fingerprint density at radius 3 is 2.53 bits per heavy atom. The van der Waals surface area contributed by atoms with Crippen LogP contribution < -0.4 is 10.6 Å². The first-order valence-corrected chi connectivity index (χ1v) is 6.50. The number of furan rings is 1. The number of carbonyl (C=O) groups is 1. The van der Waals surface area contributed by atoms with Gasteiger partial charge in [-0.1, -0.05) is 0 Å². The first kappa shape index (κ1) is 15.6. The van der Waals surface area contributed by atoms with Crippen molar-refractivity contribution in [3.63, 3.8) is 0 Å². The third-order valence-corrected chi connectivity index (χ3v) is 2.63. The number of aliphatic hydroxyl groups excluding tert-OH is 1. The van der Waals surface area contributed by atoms with E-state index in [0.717, 1.165) is 17.1 Å². The second kappa shape index (κ2) is 6.10. The van der Waals surface area contributed by atoms with Crippen molar-refractivity contribution < 1.29 is 14.3 Å². The summed E-state index contributed by atoms with van der Waals surface area (Å²) in [5.41, 5.74) is 0.525. The molecule has 1 unspecified atom stereocenters. The Morgan fingerprint density at radius 2 is 2.05 bits per heavy atom.